The maximum absolute atomic E-state index is 12.6. The molecule has 0 aromatic heterocycles. The Morgan fingerprint density at radius 3 is 2.27 bits per heavy atom. The normalized spacial score (nSPS) is 28.3. The van der Waals surface area contributed by atoms with Crippen LogP contribution in [-0.4, -0.2) is 40.5 Å². The third-order valence-electron chi connectivity index (χ3n) is 7.93. The molecule has 0 saturated heterocycles. The van der Waals surface area contributed by atoms with Crippen LogP contribution in [-0.2, 0) is 22.4 Å². The standard InChI is InChI=1S/C26H34BNO5/c1-24(2)21-14-15-25(3,30)26(24,17-21)33-27(31)22(16-19-10-6-4-7-11-19)28-23(29)32-18-20-12-8-5-9-13-20/h4-13,21-22,30-31H,14-18H2,1-3H3,(H,28,29)/t21?,22-,25?,26?/m0/s1. The minimum Gasteiger partial charge on any atom is -0.445 e. The smallest absolute Gasteiger partial charge is 0.445 e. The van der Waals surface area contributed by atoms with Gasteiger partial charge in [-0.3, -0.25) is 0 Å². The number of carbonyl (C=O) groups excluding carboxylic acids is 1. The number of hydrogen-bond acceptors (Lipinski definition) is 5. The molecule has 3 N–H and O–H groups in total. The summed E-state index contributed by atoms with van der Waals surface area (Å²) in [7, 11) is -1.31. The van der Waals surface area contributed by atoms with Gasteiger partial charge in [0.15, 0.2) is 0 Å². The molecule has 0 radical (unpaired) electrons. The van der Waals surface area contributed by atoms with E-state index < -0.39 is 30.4 Å². The van der Waals surface area contributed by atoms with Crippen LogP contribution in [0.4, 0.5) is 4.79 Å². The van der Waals surface area contributed by atoms with Crippen LogP contribution < -0.4 is 5.32 Å². The van der Waals surface area contributed by atoms with Crippen molar-refractivity contribution in [3.8, 4) is 0 Å². The minimum atomic E-state index is -1.31. The molecular weight excluding hydrogens is 417 g/mol. The van der Waals surface area contributed by atoms with Crippen LogP contribution >= 0.6 is 0 Å². The zero-order valence-electron chi connectivity index (χ0n) is 19.7. The van der Waals surface area contributed by atoms with Gasteiger partial charge in [-0.1, -0.05) is 74.5 Å². The van der Waals surface area contributed by atoms with E-state index in [-0.39, 0.29) is 12.0 Å². The van der Waals surface area contributed by atoms with E-state index in [1.165, 1.54) is 0 Å². The molecule has 0 aliphatic heterocycles. The van der Waals surface area contributed by atoms with Gasteiger partial charge in [-0.05, 0) is 55.1 Å². The second-order valence-electron chi connectivity index (χ2n) is 10.3. The second kappa shape index (κ2) is 9.13. The quantitative estimate of drug-likeness (QED) is 0.530. The van der Waals surface area contributed by atoms with Crippen LogP contribution in [0.1, 0.15) is 51.2 Å². The highest BCUT2D eigenvalue weighted by Crippen LogP contribution is 2.67. The molecular formula is C26H34BNO5. The zero-order valence-corrected chi connectivity index (χ0v) is 19.7. The minimum absolute atomic E-state index is 0.134. The summed E-state index contributed by atoms with van der Waals surface area (Å²) in [5, 5.41) is 25.2. The second-order valence-corrected chi connectivity index (χ2v) is 10.3. The van der Waals surface area contributed by atoms with Crippen molar-refractivity contribution in [1.82, 2.24) is 5.32 Å². The molecule has 2 aromatic rings. The summed E-state index contributed by atoms with van der Waals surface area (Å²) >= 11 is 0. The van der Waals surface area contributed by atoms with Crippen LogP contribution in [0.25, 0.3) is 0 Å². The fraction of sp³-hybridized carbons (Fsp3) is 0.500. The van der Waals surface area contributed by atoms with Gasteiger partial charge in [0.2, 0.25) is 0 Å². The summed E-state index contributed by atoms with van der Waals surface area (Å²) in [4.78, 5) is 12.6. The van der Waals surface area contributed by atoms with Gasteiger partial charge in [-0.25, -0.2) is 4.79 Å². The molecule has 3 aliphatic rings. The highest BCUT2D eigenvalue weighted by molar-refractivity contribution is 6.45. The van der Waals surface area contributed by atoms with Crippen molar-refractivity contribution in [2.45, 2.75) is 70.2 Å². The summed E-state index contributed by atoms with van der Waals surface area (Å²) in [6.45, 7) is 6.12. The molecule has 2 bridgehead atoms. The molecule has 6 nitrogen and oxygen atoms in total. The van der Waals surface area contributed by atoms with Crippen LogP contribution in [0, 0.1) is 11.3 Å². The number of alkyl carbamates (subject to hydrolysis) is 1. The Bertz CT molecular complexity index is 942. The van der Waals surface area contributed by atoms with Gasteiger partial charge in [-0.2, -0.15) is 0 Å². The van der Waals surface area contributed by atoms with E-state index in [9.17, 15) is 14.9 Å². The Labute approximate surface area is 196 Å². The Morgan fingerprint density at radius 2 is 1.70 bits per heavy atom. The third-order valence-corrected chi connectivity index (χ3v) is 7.93. The van der Waals surface area contributed by atoms with E-state index in [1.54, 1.807) is 6.92 Å². The molecule has 4 atom stereocenters. The van der Waals surface area contributed by atoms with Crippen molar-refractivity contribution in [1.29, 1.82) is 0 Å². The molecule has 33 heavy (non-hydrogen) atoms. The monoisotopic (exact) mass is 451 g/mol. The van der Waals surface area contributed by atoms with E-state index in [0.717, 1.165) is 17.5 Å². The van der Waals surface area contributed by atoms with E-state index in [0.29, 0.717) is 25.2 Å². The topological polar surface area (TPSA) is 88.0 Å². The number of hydrogen-bond donors (Lipinski definition) is 3. The Morgan fingerprint density at radius 1 is 1.09 bits per heavy atom. The van der Waals surface area contributed by atoms with Gasteiger partial charge < -0.3 is 24.8 Å². The number of fused-ring (bicyclic) bond motifs is 2. The van der Waals surface area contributed by atoms with Gasteiger partial charge in [0, 0.05) is 0 Å². The predicted molar refractivity (Wildman–Crippen MR) is 127 cm³/mol. The van der Waals surface area contributed by atoms with Crippen LogP contribution in [0.3, 0.4) is 0 Å². The highest BCUT2D eigenvalue weighted by atomic mass is 16.6. The summed E-state index contributed by atoms with van der Waals surface area (Å²) in [5.41, 5.74) is -0.374. The van der Waals surface area contributed by atoms with Crippen molar-refractivity contribution < 1.29 is 24.3 Å². The lowest BCUT2D eigenvalue weighted by atomic mass is 9.40. The Kier molecular flexibility index (Phi) is 6.58. The van der Waals surface area contributed by atoms with Crippen LogP contribution in [0.15, 0.2) is 60.7 Å². The fourth-order valence-corrected chi connectivity index (χ4v) is 5.72. The van der Waals surface area contributed by atoms with E-state index >= 15 is 0 Å². The van der Waals surface area contributed by atoms with Crippen LogP contribution in [0.2, 0.25) is 0 Å². The Balaban J connectivity index is 1.48. The Hall–Kier alpha value is -2.35. The van der Waals surface area contributed by atoms with Gasteiger partial charge in [0.1, 0.15) is 6.61 Å². The van der Waals surface area contributed by atoms with Gasteiger partial charge >= 0.3 is 13.2 Å². The molecule has 2 aromatic carbocycles. The summed E-state index contributed by atoms with van der Waals surface area (Å²) in [5.74, 6) is -0.293. The third kappa shape index (κ3) is 4.54. The van der Waals surface area contributed by atoms with Crippen molar-refractivity contribution in [3.05, 3.63) is 71.8 Å². The van der Waals surface area contributed by atoms with Crippen molar-refractivity contribution in [3.63, 3.8) is 0 Å². The molecule has 5 rings (SSSR count). The zero-order chi connectivity index (χ0) is 23.7. The number of rotatable bonds is 8. The van der Waals surface area contributed by atoms with E-state index in [1.807, 2.05) is 60.7 Å². The number of nitrogens with one attached hydrogen (secondary N) is 1. The lowest BCUT2D eigenvalue weighted by molar-refractivity contribution is -0.305. The molecule has 176 valence electrons. The first-order valence-corrected chi connectivity index (χ1v) is 11.7. The predicted octanol–water partition coefficient (Wildman–Crippen LogP) is 3.89. The summed E-state index contributed by atoms with van der Waals surface area (Å²) in [6.07, 6.45) is 2.01. The summed E-state index contributed by atoms with van der Waals surface area (Å²) in [6, 6.07) is 19.1. The number of benzene rings is 2. The number of ether oxygens (including phenoxy) is 1. The molecule has 3 fully saturated rings. The average Bonchev–Trinajstić information content (AvgIpc) is 2.79. The first-order chi connectivity index (χ1) is 15.6. The maximum Gasteiger partial charge on any atom is 0.479 e. The van der Waals surface area contributed by atoms with E-state index in [2.05, 4.69) is 19.2 Å². The molecule has 7 heteroatoms. The summed E-state index contributed by atoms with van der Waals surface area (Å²) < 4.78 is 11.7. The molecule has 1 amide bonds. The molecule has 0 heterocycles. The van der Waals surface area contributed by atoms with Crippen molar-refractivity contribution in [2.24, 2.45) is 11.3 Å². The van der Waals surface area contributed by atoms with E-state index in [4.69, 9.17) is 9.39 Å². The first kappa shape index (κ1) is 23.8. The van der Waals surface area contributed by atoms with Crippen molar-refractivity contribution >= 4 is 13.2 Å². The van der Waals surface area contributed by atoms with Gasteiger partial charge in [-0.15, -0.1) is 0 Å². The number of carbonyl (C=O) groups is 1. The van der Waals surface area contributed by atoms with Crippen LogP contribution in [0.5, 0.6) is 0 Å². The molecule has 0 spiro atoms. The van der Waals surface area contributed by atoms with Gasteiger partial charge in [0.25, 0.3) is 0 Å². The number of aliphatic hydroxyl groups is 1. The maximum atomic E-state index is 12.6. The molecule has 3 saturated carbocycles. The molecule has 3 aliphatic carbocycles. The highest BCUT2D eigenvalue weighted by Gasteiger charge is 2.72. The lowest BCUT2D eigenvalue weighted by Gasteiger charge is -2.71. The lowest BCUT2D eigenvalue weighted by Crippen LogP contribution is -2.77. The van der Waals surface area contributed by atoms with Crippen molar-refractivity contribution in [2.75, 3.05) is 0 Å². The average molecular weight is 451 g/mol. The largest absolute Gasteiger partial charge is 0.479 e. The first-order valence-electron chi connectivity index (χ1n) is 11.7. The fourth-order valence-electron chi connectivity index (χ4n) is 5.72. The van der Waals surface area contributed by atoms with Gasteiger partial charge in [0.05, 0.1) is 17.1 Å². The SMILES string of the molecule is CC1(O)CCC2CC1(OB(O)[C@H](Cc1ccccc1)NC(=O)OCc1ccccc1)C2(C)C. The molecule has 3 unspecified atom stereocenters. The number of amides is 1.